The molecule has 20 heavy (non-hydrogen) atoms. The van der Waals surface area contributed by atoms with E-state index >= 15 is 0 Å². The lowest BCUT2D eigenvalue weighted by Crippen LogP contribution is -2.27. The van der Waals surface area contributed by atoms with E-state index in [-0.39, 0.29) is 16.7 Å². The van der Waals surface area contributed by atoms with Crippen molar-refractivity contribution in [2.45, 2.75) is 30.4 Å². The van der Waals surface area contributed by atoms with Crippen molar-refractivity contribution in [2.75, 3.05) is 16.8 Å². The van der Waals surface area contributed by atoms with Crippen LogP contribution in [0.15, 0.2) is 29.2 Å². The van der Waals surface area contributed by atoms with E-state index in [1.54, 1.807) is 43.0 Å². The molecule has 0 bridgehead atoms. The third-order valence-corrected chi connectivity index (χ3v) is 6.62. The van der Waals surface area contributed by atoms with Crippen LogP contribution < -0.4 is 4.90 Å². The summed E-state index contributed by atoms with van der Waals surface area (Å²) in [4.78, 5) is 14.0. The molecule has 0 saturated carbocycles. The lowest BCUT2D eigenvalue weighted by Gasteiger charge is -2.21. The predicted octanol–water partition coefficient (Wildman–Crippen LogP) is 2.62. The van der Waals surface area contributed by atoms with Crippen LogP contribution in [-0.4, -0.2) is 31.4 Å². The van der Waals surface area contributed by atoms with Gasteiger partial charge in [-0.2, -0.15) is 0 Å². The van der Waals surface area contributed by atoms with Gasteiger partial charge in [0.05, 0.1) is 15.8 Å². The molecular weight excluding hydrogens is 342 g/mol. The Kier molecular flexibility index (Phi) is 4.54. The summed E-state index contributed by atoms with van der Waals surface area (Å²) in [5.41, 5.74) is 0.509. The zero-order valence-corrected chi connectivity index (χ0v) is 13.9. The molecule has 1 saturated heterocycles. The predicted molar refractivity (Wildman–Crippen MR) is 83.0 cm³/mol. The molecule has 1 aliphatic rings. The molecule has 0 N–H and O–H groups in total. The first-order chi connectivity index (χ1) is 9.37. The second kappa shape index (κ2) is 5.85. The maximum atomic E-state index is 12.4. The summed E-state index contributed by atoms with van der Waals surface area (Å²) >= 11 is 3.39. The third-order valence-electron chi connectivity index (χ3n) is 3.51. The van der Waals surface area contributed by atoms with E-state index in [2.05, 4.69) is 15.9 Å². The molecule has 1 aromatic rings. The second-order valence-corrected chi connectivity index (χ2v) is 8.41. The van der Waals surface area contributed by atoms with Crippen LogP contribution in [0.3, 0.4) is 0 Å². The van der Waals surface area contributed by atoms with E-state index in [1.807, 2.05) is 0 Å². The Hall–Kier alpha value is -0.880. The summed E-state index contributed by atoms with van der Waals surface area (Å²) in [5, 5.41) is 0.238. The molecule has 0 aromatic heterocycles. The molecule has 1 aromatic carbocycles. The SMILES string of the molecule is CC(C)S(=O)(=O)c1ccccc1N1CC(CBr)CC1=O. The lowest BCUT2D eigenvalue weighted by molar-refractivity contribution is -0.117. The highest BCUT2D eigenvalue weighted by Gasteiger charge is 2.33. The van der Waals surface area contributed by atoms with Crippen LogP contribution in [0.4, 0.5) is 5.69 Å². The average molecular weight is 360 g/mol. The third kappa shape index (κ3) is 2.76. The van der Waals surface area contributed by atoms with Gasteiger partial charge in [0.2, 0.25) is 5.91 Å². The van der Waals surface area contributed by atoms with Crippen molar-refractivity contribution >= 4 is 37.4 Å². The maximum absolute atomic E-state index is 12.4. The Balaban J connectivity index is 2.47. The number of hydrogen-bond donors (Lipinski definition) is 0. The van der Waals surface area contributed by atoms with Gasteiger partial charge < -0.3 is 4.90 Å². The lowest BCUT2D eigenvalue weighted by atomic mass is 10.2. The Morgan fingerprint density at radius 1 is 1.35 bits per heavy atom. The summed E-state index contributed by atoms with van der Waals surface area (Å²) in [7, 11) is -3.40. The average Bonchev–Trinajstić information content (AvgIpc) is 2.79. The molecule has 1 fully saturated rings. The fourth-order valence-electron chi connectivity index (χ4n) is 2.29. The van der Waals surface area contributed by atoms with Crippen LogP contribution in [0.1, 0.15) is 20.3 Å². The standard InChI is InChI=1S/C14H18BrNO3S/c1-10(2)20(18,19)13-6-4-3-5-12(13)16-9-11(8-15)7-14(16)17/h3-6,10-11H,7-9H2,1-2H3. The van der Waals surface area contributed by atoms with Gasteiger partial charge in [0.15, 0.2) is 9.84 Å². The van der Waals surface area contributed by atoms with Crippen LogP contribution >= 0.6 is 15.9 Å². The number of amides is 1. The van der Waals surface area contributed by atoms with E-state index in [0.717, 1.165) is 5.33 Å². The normalized spacial score (nSPS) is 19.9. The number of anilines is 1. The van der Waals surface area contributed by atoms with Gasteiger partial charge in [0, 0.05) is 18.3 Å². The van der Waals surface area contributed by atoms with Crippen molar-refractivity contribution in [3.63, 3.8) is 0 Å². The van der Waals surface area contributed by atoms with Gasteiger partial charge in [0.1, 0.15) is 0 Å². The van der Waals surface area contributed by atoms with Crippen LogP contribution in [0.2, 0.25) is 0 Å². The number of carbonyl (C=O) groups is 1. The van der Waals surface area contributed by atoms with Gasteiger partial charge in [-0.3, -0.25) is 4.79 Å². The van der Waals surface area contributed by atoms with E-state index in [4.69, 9.17) is 0 Å². The topological polar surface area (TPSA) is 54.5 Å². The van der Waals surface area contributed by atoms with Gasteiger partial charge in [-0.25, -0.2) is 8.42 Å². The molecule has 110 valence electrons. The highest BCUT2D eigenvalue weighted by atomic mass is 79.9. The molecule has 1 heterocycles. The van der Waals surface area contributed by atoms with E-state index < -0.39 is 15.1 Å². The zero-order chi connectivity index (χ0) is 14.9. The minimum atomic E-state index is -3.40. The molecule has 1 amide bonds. The monoisotopic (exact) mass is 359 g/mol. The van der Waals surface area contributed by atoms with Gasteiger partial charge in [0.25, 0.3) is 0 Å². The van der Waals surface area contributed by atoms with Crippen LogP contribution in [-0.2, 0) is 14.6 Å². The summed E-state index contributed by atoms with van der Waals surface area (Å²) in [6.07, 6.45) is 0.460. The van der Waals surface area contributed by atoms with E-state index in [0.29, 0.717) is 18.7 Å². The molecular formula is C14H18BrNO3S. The van der Waals surface area contributed by atoms with Crippen molar-refractivity contribution in [2.24, 2.45) is 5.92 Å². The zero-order valence-electron chi connectivity index (χ0n) is 11.5. The fraction of sp³-hybridized carbons (Fsp3) is 0.500. The number of benzene rings is 1. The molecule has 4 nitrogen and oxygen atoms in total. The van der Waals surface area contributed by atoms with Gasteiger partial charge in [-0.1, -0.05) is 28.1 Å². The summed E-state index contributed by atoms with van der Waals surface area (Å²) < 4.78 is 24.8. The number of para-hydroxylation sites is 1. The van der Waals surface area contributed by atoms with Crippen molar-refractivity contribution in [1.82, 2.24) is 0 Å². The molecule has 0 spiro atoms. The summed E-state index contributed by atoms with van der Waals surface area (Å²) in [5.74, 6) is 0.221. The van der Waals surface area contributed by atoms with Crippen molar-refractivity contribution < 1.29 is 13.2 Å². The Morgan fingerprint density at radius 2 is 2.00 bits per heavy atom. The van der Waals surface area contributed by atoms with E-state index in [1.165, 1.54) is 0 Å². The van der Waals surface area contributed by atoms with Crippen molar-refractivity contribution in [3.8, 4) is 0 Å². The number of rotatable bonds is 4. The van der Waals surface area contributed by atoms with Crippen LogP contribution in [0, 0.1) is 5.92 Å². The van der Waals surface area contributed by atoms with Crippen molar-refractivity contribution in [3.05, 3.63) is 24.3 Å². The minimum absolute atomic E-state index is 0.0131. The number of halogens is 1. The Labute approximate surface area is 128 Å². The number of hydrogen-bond acceptors (Lipinski definition) is 3. The quantitative estimate of drug-likeness (QED) is 0.776. The van der Waals surface area contributed by atoms with E-state index in [9.17, 15) is 13.2 Å². The molecule has 1 unspecified atom stereocenters. The highest BCUT2D eigenvalue weighted by molar-refractivity contribution is 9.09. The summed E-state index contributed by atoms with van der Waals surface area (Å²) in [6, 6.07) is 6.76. The van der Waals surface area contributed by atoms with Gasteiger partial charge in [-0.05, 0) is 31.9 Å². The maximum Gasteiger partial charge on any atom is 0.227 e. The minimum Gasteiger partial charge on any atom is -0.311 e. The first-order valence-corrected chi connectivity index (χ1v) is 9.24. The molecule has 0 radical (unpaired) electrons. The van der Waals surface area contributed by atoms with Crippen molar-refractivity contribution in [1.29, 1.82) is 0 Å². The van der Waals surface area contributed by atoms with Crippen LogP contribution in [0.25, 0.3) is 0 Å². The number of nitrogens with zero attached hydrogens (tertiary/aromatic N) is 1. The Morgan fingerprint density at radius 3 is 2.55 bits per heavy atom. The Bertz CT molecular complexity index is 613. The number of sulfone groups is 1. The van der Waals surface area contributed by atoms with Crippen LogP contribution in [0.5, 0.6) is 0 Å². The largest absolute Gasteiger partial charge is 0.311 e. The summed E-state index contributed by atoms with van der Waals surface area (Å²) in [6.45, 7) is 3.87. The number of alkyl halides is 1. The first kappa shape index (κ1) is 15.5. The van der Waals surface area contributed by atoms with Gasteiger partial charge >= 0.3 is 0 Å². The molecule has 1 atom stereocenters. The fourth-order valence-corrected chi connectivity index (χ4v) is 3.97. The molecule has 1 aliphatic heterocycles. The smallest absolute Gasteiger partial charge is 0.227 e. The van der Waals surface area contributed by atoms with Gasteiger partial charge in [-0.15, -0.1) is 0 Å². The second-order valence-electron chi connectivity index (χ2n) is 5.29. The highest BCUT2D eigenvalue weighted by Crippen LogP contribution is 2.32. The molecule has 6 heteroatoms. The molecule has 0 aliphatic carbocycles. The first-order valence-electron chi connectivity index (χ1n) is 6.57. The molecule has 2 rings (SSSR count). The number of carbonyl (C=O) groups excluding carboxylic acids is 1.